The molecule has 0 saturated carbocycles. The maximum absolute atomic E-state index is 16.1. The van der Waals surface area contributed by atoms with Crippen LogP contribution in [0, 0.1) is 25.6 Å². The van der Waals surface area contributed by atoms with Gasteiger partial charge in [0.05, 0.1) is 16.7 Å². The van der Waals surface area contributed by atoms with Crippen molar-refractivity contribution in [2.45, 2.75) is 33.9 Å². The Kier molecular flexibility index (Phi) is 6.44. The monoisotopic (exact) mass is 599 g/mol. The van der Waals surface area contributed by atoms with Gasteiger partial charge in [0.25, 0.3) is 0 Å². The highest BCUT2D eigenvalue weighted by Crippen LogP contribution is 2.39. The van der Waals surface area contributed by atoms with Crippen LogP contribution in [0.1, 0.15) is 18.1 Å². The van der Waals surface area contributed by atoms with Gasteiger partial charge in [-0.2, -0.15) is 0 Å². The van der Waals surface area contributed by atoms with Crippen molar-refractivity contribution in [2.24, 2.45) is 5.92 Å². The number of halogens is 1. The number of aromatic nitrogens is 1. The van der Waals surface area contributed by atoms with Crippen LogP contribution < -0.4 is 20.5 Å². The average Bonchev–Trinajstić information content (AvgIpc) is 3.46. The predicted molar refractivity (Wildman–Crippen MR) is 186 cm³/mol. The van der Waals surface area contributed by atoms with E-state index in [2.05, 4.69) is 117 Å². The van der Waals surface area contributed by atoms with Crippen LogP contribution in [-0.4, -0.2) is 38.4 Å². The number of quaternary nitrogens is 1. The molecule has 0 unspecified atom stereocenters. The topological polar surface area (TPSA) is 14.2 Å². The Bertz CT molecular complexity index is 2210. The third kappa shape index (κ3) is 4.49. The van der Waals surface area contributed by atoms with Crippen LogP contribution in [0.25, 0.3) is 49.5 Å². The van der Waals surface area contributed by atoms with Crippen molar-refractivity contribution in [1.82, 2.24) is 4.57 Å². The maximum Gasteiger partial charge on any atom is 0.213 e. The first-order valence-electron chi connectivity index (χ1n) is 15.4. The lowest BCUT2D eigenvalue weighted by molar-refractivity contribution is -1.03. The van der Waals surface area contributed by atoms with E-state index in [1.807, 2.05) is 21.1 Å². The summed E-state index contributed by atoms with van der Waals surface area (Å²) in [5, 5.41) is 9.80. The van der Waals surface area contributed by atoms with Crippen molar-refractivity contribution in [3.8, 4) is 11.4 Å². The summed E-state index contributed by atoms with van der Waals surface area (Å²) >= 11 is 0. The van der Waals surface area contributed by atoms with Crippen LogP contribution in [0.2, 0.25) is 13.1 Å². The maximum atomic E-state index is 16.1. The summed E-state index contributed by atoms with van der Waals surface area (Å²) in [6.07, 6.45) is 2.40. The smallest absolute Gasteiger partial charge is 0.213 e. The largest absolute Gasteiger partial charge is 0.314 e. The van der Waals surface area contributed by atoms with Crippen molar-refractivity contribution in [3.05, 3.63) is 112 Å². The first-order chi connectivity index (χ1) is 20.8. The highest BCUT2D eigenvalue weighted by atomic mass is 28.3. The van der Waals surface area contributed by atoms with Crippen LogP contribution in [-0.2, 0) is 0 Å². The number of benzene rings is 5. The zero-order valence-electron chi connectivity index (χ0n) is 26.9. The molecule has 0 aliphatic heterocycles. The second-order valence-electron chi connectivity index (χ2n) is 13.9. The molecule has 5 aromatic carbocycles. The molecule has 3 nitrogen and oxygen atoms in total. The number of hydrogen-bond acceptors (Lipinski definition) is 1. The number of nitrogens with zero attached hydrogens (tertiary/aromatic N) is 2. The van der Waals surface area contributed by atoms with Crippen molar-refractivity contribution in [3.63, 3.8) is 0 Å². The summed E-state index contributed by atoms with van der Waals surface area (Å²) in [6.45, 7) is 11.2. The molecule has 0 amide bonds. The van der Waals surface area contributed by atoms with Gasteiger partial charge in [-0.1, -0.05) is 92.0 Å². The zero-order valence-corrected chi connectivity index (χ0v) is 27.9. The third-order valence-electron chi connectivity index (χ3n) is 9.20. The Morgan fingerprint density at radius 3 is 2.05 bits per heavy atom. The second-order valence-corrected chi connectivity index (χ2v) is 18.2. The molecule has 0 N–H and O–H groups in total. The van der Waals surface area contributed by atoms with Crippen LogP contribution in [0.3, 0.4) is 0 Å². The van der Waals surface area contributed by atoms with Crippen LogP contribution in [0.4, 0.5) is 4.39 Å². The van der Waals surface area contributed by atoms with Crippen molar-refractivity contribution in [1.29, 1.82) is 0 Å². The van der Waals surface area contributed by atoms with Gasteiger partial charge in [-0.3, -0.25) is 0 Å². The minimum atomic E-state index is -2.53. The lowest BCUT2D eigenvalue weighted by Crippen LogP contribution is -2.50. The summed E-state index contributed by atoms with van der Waals surface area (Å²) in [4.78, 5) is 6.90. The van der Waals surface area contributed by atoms with E-state index in [1.165, 1.54) is 26.4 Å². The highest BCUT2D eigenvalue weighted by Gasteiger charge is 2.39. The molecular weight excluding hydrogens is 560 g/mol. The van der Waals surface area contributed by atoms with Crippen LogP contribution in [0.15, 0.2) is 84.9 Å². The van der Waals surface area contributed by atoms with Crippen molar-refractivity contribution in [2.75, 3.05) is 21.1 Å². The van der Waals surface area contributed by atoms with E-state index < -0.39 is 8.07 Å². The zero-order chi connectivity index (χ0) is 31.1. The van der Waals surface area contributed by atoms with Crippen LogP contribution in [0.5, 0.6) is 5.75 Å². The molecule has 1 heterocycles. The quantitative estimate of drug-likeness (QED) is 0.114. The van der Waals surface area contributed by atoms with E-state index in [1.54, 1.807) is 12.1 Å². The fraction of sp³-hybridized carbons (Fsp3) is 0.231. The van der Waals surface area contributed by atoms with E-state index in [0.29, 0.717) is 0 Å². The standard InChI is InChI=1S/C39H40FN2OSi/c1-24-13-16-30-31-17-14-25(2)20-35(31)41(34(30)19-24)36-22-28(40)23-37(38(36)43-42(4,5)6)44(7,8)39-26(3)21-33-29-12-10-9-11-27(29)15-18-32(33)39/h9-23,26H,1-8H3/q+1/t26-/m1/s1. The SMILES string of the molecule is Cc1ccc2c3ccc(C)cc3n(-c3cc(F)cc([Si](C)(C)C4=c5ccc6ccccc6c5=C[C@H]4C)c3O[N+](C)(C)C)c2c1. The Labute approximate surface area is 259 Å². The Morgan fingerprint density at radius 2 is 1.41 bits per heavy atom. The Morgan fingerprint density at radius 1 is 0.773 bits per heavy atom. The molecule has 0 saturated heterocycles. The molecule has 44 heavy (non-hydrogen) atoms. The first kappa shape index (κ1) is 28.6. The first-order valence-corrected chi connectivity index (χ1v) is 18.4. The van der Waals surface area contributed by atoms with Gasteiger partial charge in [-0.15, -0.1) is 4.65 Å². The molecule has 0 spiro atoms. The van der Waals surface area contributed by atoms with Crippen molar-refractivity contribution >= 4 is 57.1 Å². The normalized spacial score (nSPS) is 15.3. The molecule has 1 aromatic heterocycles. The molecule has 1 aliphatic carbocycles. The van der Waals surface area contributed by atoms with Gasteiger partial charge >= 0.3 is 0 Å². The predicted octanol–water partition coefficient (Wildman–Crippen LogP) is 7.43. The van der Waals surface area contributed by atoms with Gasteiger partial charge < -0.3 is 9.40 Å². The molecule has 5 heteroatoms. The molecular formula is C39H40FN2OSi+. The Balaban J connectivity index is 1.59. The fourth-order valence-electron chi connectivity index (χ4n) is 7.42. The number of hydroxylamine groups is 3. The Hall–Kier alpha value is -4.19. The molecule has 1 aliphatic rings. The number of aryl methyl sites for hydroxylation is 2. The highest BCUT2D eigenvalue weighted by molar-refractivity contribution is 7.04. The van der Waals surface area contributed by atoms with E-state index in [4.69, 9.17) is 4.84 Å². The van der Waals surface area contributed by atoms with Gasteiger partial charge in [-0.25, -0.2) is 4.39 Å². The lowest BCUT2D eigenvalue weighted by Gasteiger charge is -2.33. The summed E-state index contributed by atoms with van der Waals surface area (Å²) in [5.41, 5.74) is 5.18. The molecule has 0 fully saturated rings. The van der Waals surface area contributed by atoms with Gasteiger partial charge in [0, 0.05) is 16.8 Å². The van der Waals surface area contributed by atoms with Gasteiger partial charge in [0.1, 0.15) is 35.0 Å². The summed E-state index contributed by atoms with van der Waals surface area (Å²) in [7, 11) is 3.53. The number of fused-ring (bicyclic) bond motifs is 6. The van der Waals surface area contributed by atoms with Gasteiger partial charge in [0.15, 0.2) is 0 Å². The molecule has 0 radical (unpaired) electrons. The molecule has 7 rings (SSSR count). The van der Waals surface area contributed by atoms with E-state index in [9.17, 15) is 0 Å². The van der Waals surface area contributed by atoms with Gasteiger partial charge in [0.2, 0.25) is 5.75 Å². The number of rotatable bonds is 5. The molecule has 0 bridgehead atoms. The van der Waals surface area contributed by atoms with E-state index in [-0.39, 0.29) is 16.4 Å². The third-order valence-corrected chi connectivity index (χ3v) is 13.0. The summed E-state index contributed by atoms with van der Waals surface area (Å²) in [5.74, 6) is 0.750. The van der Waals surface area contributed by atoms with E-state index >= 15 is 4.39 Å². The summed E-state index contributed by atoms with van der Waals surface area (Å²) in [6, 6.07) is 29.6. The number of hydrogen-bond donors (Lipinski definition) is 0. The van der Waals surface area contributed by atoms with Crippen LogP contribution >= 0.6 is 0 Å². The fourth-order valence-corrected chi connectivity index (χ4v) is 11.1. The van der Waals surface area contributed by atoms with Crippen molar-refractivity contribution < 1.29 is 13.9 Å². The average molecular weight is 600 g/mol. The molecule has 222 valence electrons. The minimum absolute atomic E-state index is 0.236. The molecule has 6 aromatic rings. The molecule has 1 atom stereocenters. The second kappa shape index (κ2) is 9.91. The van der Waals surface area contributed by atoms with E-state index in [0.717, 1.165) is 49.6 Å². The lowest BCUT2D eigenvalue weighted by atomic mass is 10.1. The minimum Gasteiger partial charge on any atom is -0.314 e. The summed E-state index contributed by atoms with van der Waals surface area (Å²) < 4.78 is 18.6. The van der Waals surface area contributed by atoms with Gasteiger partial charge in [-0.05, 0) is 75.5 Å².